The average molecular weight is 261 g/mol. The van der Waals surface area contributed by atoms with Gasteiger partial charge in [0.15, 0.2) is 0 Å². The van der Waals surface area contributed by atoms with Crippen molar-refractivity contribution >= 4 is 11.7 Å². The van der Waals surface area contributed by atoms with Crippen LogP contribution >= 0.6 is 0 Å². The molecule has 2 aromatic carbocycles. The molecule has 2 aromatic rings. The summed E-state index contributed by atoms with van der Waals surface area (Å²) in [6.45, 7) is 0. The highest BCUT2D eigenvalue weighted by Gasteiger charge is 2.25. The van der Waals surface area contributed by atoms with Crippen molar-refractivity contribution < 1.29 is 19.2 Å². The Kier molecular flexibility index (Phi) is 3.24. The van der Waals surface area contributed by atoms with Crippen LogP contribution in [0.1, 0.15) is 10.4 Å². The van der Waals surface area contributed by atoms with Crippen molar-refractivity contribution in [2.75, 3.05) is 0 Å². The van der Waals surface area contributed by atoms with Gasteiger partial charge in [-0.2, -0.15) is 0 Å². The van der Waals surface area contributed by atoms with Crippen LogP contribution in [0.4, 0.5) is 10.1 Å². The van der Waals surface area contributed by atoms with Crippen molar-refractivity contribution in [3.8, 4) is 11.1 Å². The first kappa shape index (κ1) is 12.7. The molecule has 2 rings (SSSR count). The van der Waals surface area contributed by atoms with E-state index in [1.54, 1.807) is 0 Å². The highest BCUT2D eigenvalue weighted by atomic mass is 19.1. The Labute approximate surface area is 107 Å². The topological polar surface area (TPSA) is 80.4 Å². The summed E-state index contributed by atoms with van der Waals surface area (Å²) < 4.78 is 13.7. The number of carbonyl (C=O) groups is 1. The summed E-state index contributed by atoms with van der Waals surface area (Å²) in [5.74, 6) is -2.07. The summed E-state index contributed by atoms with van der Waals surface area (Å²) in [5, 5.41) is 20.0. The Morgan fingerprint density at radius 3 is 2.32 bits per heavy atom. The molecule has 0 fully saturated rings. The number of nitro groups is 1. The summed E-state index contributed by atoms with van der Waals surface area (Å²) in [4.78, 5) is 21.2. The lowest BCUT2D eigenvalue weighted by molar-refractivity contribution is -0.384. The summed E-state index contributed by atoms with van der Waals surface area (Å²) >= 11 is 0. The zero-order chi connectivity index (χ0) is 14.0. The van der Waals surface area contributed by atoms with Crippen molar-refractivity contribution in [3.63, 3.8) is 0 Å². The fourth-order valence-electron chi connectivity index (χ4n) is 1.81. The molecule has 19 heavy (non-hydrogen) atoms. The number of benzene rings is 2. The first-order valence-electron chi connectivity index (χ1n) is 5.28. The number of para-hydroxylation sites is 1. The molecule has 0 aliphatic heterocycles. The molecule has 0 saturated heterocycles. The second-order valence-corrected chi connectivity index (χ2v) is 3.74. The largest absolute Gasteiger partial charge is 0.477 e. The van der Waals surface area contributed by atoms with Gasteiger partial charge in [-0.05, 0) is 18.2 Å². The van der Waals surface area contributed by atoms with E-state index >= 15 is 0 Å². The summed E-state index contributed by atoms with van der Waals surface area (Å²) in [6.07, 6.45) is 0. The fourth-order valence-corrected chi connectivity index (χ4v) is 1.81. The lowest BCUT2D eigenvalue weighted by Gasteiger charge is -2.06. The minimum Gasteiger partial charge on any atom is -0.477 e. The maximum absolute atomic E-state index is 13.7. The molecule has 0 unspecified atom stereocenters. The second-order valence-electron chi connectivity index (χ2n) is 3.74. The Balaban J connectivity index is 2.78. The van der Waals surface area contributed by atoms with Gasteiger partial charge in [-0.25, -0.2) is 9.18 Å². The average Bonchev–Trinajstić information content (AvgIpc) is 2.38. The van der Waals surface area contributed by atoms with E-state index in [0.717, 1.165) is 12.1 Å². The molecule has 0 amide bonds. The van der Waals surface area contributed by atoms with Crippen LogP contribution in [0.25, 0.3) is 11.1 Å². The number of carboxylic acid groups (broad SMARTS) is 1. The van der Waals surface area contributed by atoms with Gasteiger partial charge in [0.1, 0.15) is 11.4 Å². The van der Waals surface area contributed by atoms with Crippen LogP contribution in [0.3, 0.4) is 0 Å². The third kappa shape index (κ3) is 2.28. The lowest BCUT2D eigenvalue weighted by Crippen LogP contribution is -2.04. The van der Waals surface area contributed by atoms with Crippen molar-refractivity contribution in [1.29, 1.82) is 0 Å². The summed E-state index contributed by atoms with van der Waals surface area (Å²) in [5.41, 5.74) is -1.13. The molecular formula is C13H8FNO4. The molecule has 0 atom stereocenters. The quantitative estimate of drug-likeness (QED) is 0.680. The van der Waals surface area contributed by atoms with Gasteiger partial charge in [0.05, 0.1) is 10.5 Å². The van der Waals surface area contributed by atoms with Crippen LogP contribution < -0.4 is 0 Å². The molecule has 0 heterocycles. The van der Waals surface area contributed by atoms with E-state index in [0.29, 0.717) is 0 Å². The molecular weight excluding hydrogens is 253 g/mol. The minimum absolute atomic E-state index is 0.00250. The highest BCUT2D eigenvalue weighted by Crippen LogP contribution is 2.34. The predicted octanol–water partition coefficient (Wildman–Crippen LogP) is 3.10. The van der Waals surface area contributed by atoms with Crippen molar-refractivity contribution in [3.05, 3.63) is 64.0 Å². The molecule has 96 valence electrons. The van der Waals surface area contributed by atoms with Crippen LogP contribution in [0.15, 0.2) is 42.5 Å². The van der Waals surface area contributed by atoms with Crippen LogP contribution in [0.5, 0.6) is 0 Å². The number of rotatable bonds is 3. The normalized spacial score (nSPS) is 10.2. The molecule has 0 aromatic heterocycles. The summed E-state index contributed by atoms with van der Waals surface area (Å²) in [7, 11) is 0. The van der Waals surface area contributed by atoms with E-state index in [4.69, 9.17) is 5.11 Å². The molecule has 0 spiro atoms. The number of nitro benzene ring substituents is 1. The molecule has 0 aliphatic carbocycles. The van der Waals surface area contributed by atoms with E-state index in [1.165, 1.54) is 30.3 Å². The van der Waals surface area contributed by atoms with E-state index in [2.05, 4.69) is 0 Å². The highest BCUT2D eigenvalue weighted by molar-refractivity contribution is 5.96. The number of nitrogens with zero attached hydrogens (tertiary/aromatic N) is 1. The third-order valence-electron chi connectivity index (χ3n) is 2.61. The van der Waals surface area contributed by atoms with Gasteiger partial charge in [0.2, 0.25) is 0 Å². The van der Waals surface area contributed by atoms with Crippen LogP contribution in [0, 0.1) is 15.9 Å². The Hall–Kier alpha value is -2.76. The van der Waals surface area contributed by atoms with Crippen LogP contribution in [-0.4, -0.2) is 16.0 Å². The van der Waals surface area contributed by atoms with E-state index in [1.807, 2.05) is 0 Å². The third-order valence-corrected chi connectivity index (χ3v) is 2.61. The zero-order valence-corrected chi connectivity index (χ0v) is 9.54. The molecule has 1 N–H and O–H groups in total. The molecule has 5 nitrogen and oxygen atoms in total. The van der Waals surface area contributed by atoms with Gasteiger partial charge < -0.3 is 5.11 Å². The van der Waals surface area contributed by atoms with Crippen molar-refractivity contribution in [2.24, 2.45) is 0 Å². The van der Waals surface area contributed by atoms with Crippen molar-refractivity contribution in [2.45, 2.75) is 0 Å². The second kappa shape index (κ2) is 4.85. The fraction of sp³-hybridized carbons (Fsp3) is 0. The van der Waals surface area contributed by atoms with Gasteiger partial charge in [0.25, 0.3) is 5.69 Å². The molecule has 0 radical (unpaired) electrons. The minimum atomic E-state index is -1.43. The first-order chi connectivity index (χ1) is 9.02. The maximum Gasteiger partial charge on any atom is 0.342 e. The number of aromatic carboxylic acids is 1. The predicted molar refractivity (Wildman–Crippen MR) is 65.4 cm³/mol. The van der Waals surface area contributed by atoms with Gasteiger partial charge in [-0.1, -0.05) is 24.3 Å². The Bertz CT molecular complexity index is 669. The SMILES string of the molecule is O=C(O)c1cccc(-c2ccccc2F)c1[N+](=O)[O-]. The van der Waals surface area contributed by atoms with E-state index < -0.39 is 28.0 Å². The molecule has 0 saturated carbocycles. The first-order valence-corrected chi connectivity index (χ1v) is 5.28. The van der Waals surface area contributed by atoms with E-state index in [-0.39, 0.29) is 11.1 Å². The summed E-state index contributed by atoms with van der Waals surface area (Å²) in [6, 6.07) is 9.28. The van der Waals surface area contributed by atoms with Gasteiger partial charge in [-0.3, -0.25) is 10.1 Å². The Morgan fingerprint density at radius 2 is 1.74 bits per heavy atom. The molecule has 6 heteroatoms. The lowest BCUT2D eigenvalue weighted by atomic mass is 10.00. The number of carboxylic acids is 1. The van der Waals surface area contributed by atoms with Crippen LogP contribution in [-0.2, 0) is 0 Å². The smallest absolute Gasteiger partial charge is 0.342 e. The molecule has 0 aliphatic rings. The monoisotopic (exact) mass is 261 g/mol. The number of hydrogen-bond donors (Lipinski definition) is 1. The molecule has 0 bridgehead atoms. The maximum atomic E-state index is 13.7. The van der Waals surface area contributed by atoms with Gasteiger partial charge >= 0.3 is 5.97 Å². The number of hydrogen-bond acceptors (Lipinski definition) is 3. The van der Waals surface area contributed by atoms with Crippen molar-refractivity contribution in [1.82, 2.24) is 0 Å². The zero-order valence-electron chi connectivity index (χ0n) is 9.54. The van der Waals surface area contributed by atoms with Gasteiger partial charge in [-0.15, -0.1) is 0 Å². The van der Waals surface area contributed by atoms with E-state index in [9.17, 15) is 19.3 Å². The van der Waals surface area contributed by atoms with Gasteiger partial charge in [0, 0.05) is 5.56 Å². The standard InChI is InChI=1S/C13H8FNO4/c14-11-7-2-1-4-8(11)9-5-3-6-10(13(16)17)12(9)15(18)19/h1-7H,(H,16,17). The Morgan fingerprint density at radius 1 is 1.11 bits per heavy atom. The van der Waals surface area contributed by atoms with Crippen LogP contribution in [0.2, 0.25) is 0 Å². The number of halogens is 1.